The Labute approximate surface area is 189 Å². The van der Waals surface area contributed by atoms with Crippen molar-refractivity contribution in [2.75, 3.05) is 12.1 Å². The van der Waals surface area contributed by atoms with Crippen molar-refractivity contribution in [3.05, 3.63) is 58.0 Å². The summed E-state index contributed by atoms with van der Waals surface area (Å²) in [4.78, 5) is 52.6. The van der Waals surface area contributed by atoms with E-state index in [4.69, 9.17) is 0 Å². The lowest BCUT2D eigenvalue weighted by Crippen LogP contribution is -2.46. The van der Waals surface area contributed by atoms with Crippen LogP contribution in [0.25, 0.3) is 22.0 Å². The van der Waals surface area contributed by atoms with Gasteiger partial charge in [-0.2, -0.15) is 0 Å². The highest BCUT2D eigenvalue weighted by Gasteiger charge is 2.28. The summed E-state index contributed by atoms with van der Waals surface area (Å²) in [5, 5.41) is 12.2. The van der Waals surface area contributed by atoms with Crippen LogP contribution in [0.1, 0.15) is 48.7 Å². The van der Waals surface area contributed by atoms with Gasteiger partial charge in [-0.25, -0.2) is 19.8 Å². The highest BCUT2D eigenvalue weighted by molar-refractivity contribution is 5.96. The minimum Gasteiger partial charge on any atom is -0.477 e. The number of carboxylic acids is 1. The maximum Gasteiger partial charge on any atom is 0.341 e. The van der Waals surface area contributed by atoms with Crippen LogP contribution < -0.4 is 10.4 Å². The van der Waals surface area contributed by atoms with E-state index in [0.717, 1.165) is 35.0 Å². The van der Waals surface area contributed by atoms with Gasteiger partial charge in [0.25, 0.3) is 0 Å². The van der Waals surface area contributed by atoms with E-state index in [0.29, 0.717) is 11.2 Å². The van der Waals surface area contributed by atoms with Crippen molar-refractivity contribution in [1.82, 2.24) is 14.6 Å². The van der Waals surface area contributed by atoms with Crippen LogP contribution >= 0.6 is 0 Å². The third-order valence-corrected chi connectivity index (χ3v) is 5.95. The number of hydrogen-bond acceptors (Lipinski definition) is 5. The molecule has 0 atom stereocenters. The van der Waals surface area contributed by atoms with E-state index in [9.17, 15) is 24.3 Å². The first-order valence-corrected chi connectivity index (χ1v) is 10.5. The first kappa shape index (κ1) is 22.2. The second kappa shape index (κ2) is 8.16. The molecule has 2 amide bonds. The second-order valence-electron chi connectivity index (χ2n) is 8.23. The molecule has 0 bridgehead atoms. The normalized spacial score (nSPS) is 13.1. The number of aromatic carboxylic acids is 1. The lowest BCUT2D eigenvalue weighted by Gasteiger charge is -2.29. The molecule has 1 aliphatic rings. The van der Waals surface area contributed by atoms with Gasteiger partial charge < -0.3 is 9.67 Å². The Morgan fingerprint density at radius 3 is 2.30 bits per heavy atom. The number of aryl methyl sites for hydroxylation is 1. The van der Waals surface area contributed by atoms with E-state index < -0.39 is 11.4 Å². The lowest BCUT2D eigenvalue weighted by molar-refractivity contribution is -0.133. The van der Waals surface area contributed by atoms with Gasteiger partial charge in [0.2, 0.25) is 17.2 Å². The van der Waals surface area contributed by atoms with Crippen LogP contribution in [0.5, 0.6) is 0 Å². The van der Waals surface area contributed by atoms with E-state index in [1.807, 2.05) is 11.5 Å². The van der Waals surface area contributed by atoms with E-state index >= 15 is 0 Å². The first-order chi connectivity index (χ1) is 15.6. The predicted molar refractivity (Wildman–Crippen MR) is 123 cm³/mol. The van der Waals surface area contributed by atoms with Gasteiger partial charge in [0, 0.05) is 50.3 Å². The highest BCUT2D eigenvalue weighted by Crippen LogP contribution is 2.39. The molecule has 170 valence electrons. The summed E-state index contributed by atoms with van der Waals surface area (Å²) >= 11 is 0. The Balaban J connectivity index is 1.83. The zero-order valence-corrected chi connectivity index (χ0v) is 18.8. The number of anilines is 1. The van der Waals surface area contributed by atoms with Crippen LogP contribution in [0.2, 0.25) is 0 Å². The number of hydrazine groups is 1. The van der Waals surface area contributed by atoms with E-state index in [2.05, 4.69) is 4.98 Å². The number of nitrogens with zero attached hydrogens (tertiary/aromatic N) is 4. The Morgan fingerprint density at radius 1 is 1.09 bits per heavy atom. The molecule has 0 aliphatic heterocycles. The molecule has 9 heteroatoms. The highest BCUT2D eigenvalue weighted by atomic mass is 16.4. The molecule has 1 fully saturated rings. The summed E-state index contributed by atoms with van der Waals surface area (Å²) < 4.78 is 1.90. The SMILES string of the molecule is CC(=O)N(C)N(C(C)=O)c1ccc(-c2ccc3c(=O)c(C(=O)O)cn(C4CC4)c3c2C)cn1. The number of carboxylic acid groups (broad SMARTS) is 1. The summed E-state index contributed by atoms with van der Waals surface area (Å²) in [6.45, 7) is 4.61. The van der Waals surface area contributed by atoms with Gasteiger partial charge in [0.1, 0.15) is 5.56 Å². The molecule has 2 heterocycles. The summed E-state index contributed by atoms with van der Waals surface area (Å²) in [7, 11) is 1.50. The van der Waals surface area contributed by atoms with Crippen LogP contribution in [-0.4, -0.2) is 44.5 Å². The zero-order valence-electron chi connectivity index (χ0n) is 18.8. The fraction of sp³-hybridized carbons (Fsp3) is 0.292. The van der Waals surface area contributed by atoms with Crippen LogP contribution in [0.3, 0.4) is 0 Å². The Kier molecular flexibility index (Phi) is 5.49. The molecule has 0 radical (unpaired) electrons. The van der Waals surface area contributed by atoms with Gasteiger partial charge in [-0.3, -0.25) is 14.4 Å². The number of amides is 2. The summed E-state index contributed by atoms with van der Waals surface area (Å²) in [5.41, 5.74) is 2.44. The second-order valence-corrected chi connectivity index (χ2v) is 8.23. The largest absolute Gasteiger partial charge is 0.477 e. The molecule has 1 aliphatic carbocycles. The molecular formula is C24H24N4O5. The molecule has 0 saturated heterocycles. The van der Waals surface area contributed by atoms with E-state index in [1.54, 1.807) is 30.5 Å². The molecule has 1 N–H and O–H groups in total. The van der Waals surface area contributed by atoms with Crippen molar-refractivity contribution in [2.45, 2.75) is 39.7 Å². The number of hydrogen-bond donors (Lipinski definition) is 1. The predicted octanol–water partition coefficient (Wildman–Crippen LogP) is 3.15. The van der Waals surface area contributed by atoms with Gasteiger partial charge >= 0.3 is 5.97 Å². The van der Waals surface area contributed by atoms with Crippen molar-refractivity contribution >= 4 is 34.5 Å². The lowest BCUT2D eigenvalue weighted by atomic mass is 9.97. The van der Waals surface area contributed by atoms with Crippen molar-refractivity contribution in [3.63, 3.8) is 0 Å². The Morgan fingerprint density at radius 2 is 1.79 bits per heavy atom. The van der Waals surface area contributed by atoms with E-state index in [-0.39, 0.29) is 23.4 Å². The number of pyridine rings is 2. The third kappa shape index (κ3) is 3.86. The Hall–Kier alpha value is -4.01. The smallest absolute Gasteiger partial charge is 0.341 e. The Bertz CT molecular complexity index is 1360. The zero-order chi connectivity index (χ0) is 24.0. The molecule has 4 rings (SSSR count). The number of aromatic nitrogens is 2. The van der Waals surface area contributed by atoms with Crippen LogP contribution in [-0.2, 0) is 9.59 Å². The maximum absolute atomic E-state index is 12.8. The third-order valence-electron chi connectivity index (χ3n) is 5.95. The fourth-order valence-electron chi connectivity index (χ4n) is 4.07. The van der Waals surface area contributed by atoms with Gasteiger partial charge in [0.05, 0.1) is 5.52 Å². The summed E-state index contributed by atoms with van der Waals surface area (Å²) in [5.74, 6) is -1.58. The number of benzene rings is 1. The van der Waals surface area contributed by atoms with Crippen molar-refractivity contribution in [2.24, 2.45) is 0 Å². The van der Waals surface area contributed by atoms with Crippen LogP contribution in [0, 0.1) is 6.92 Å². The number of fused-ring (bicyclic) bond motifs is 1. The fourth-order valence-corrected chi connectivity index (χ4v) is 4.07. The van der Waals surface area contributed by atoms with Gasteiger partial charge in [0.15, 0.2) is 5.82 Å². The molecule has 33 heavy (non-hydrogen) atoms. The molecule has 3 aromatic rings. The molecule has 1 aromatic carbocycles. The molecule has 0 unspecified atom stereocenters. The quantitative estimate of drug-likeness (QED) is 0.614. The maximum atomic E-state index is 12.8. The van der Waals surface area contributed by atoms with Crippen molar-refractivity contribution in [3.8, 4) is 11.1 Å². The number of carbonyl (C=O) groups is 3. The first-order valence-electron chi connectivity index (χ1n) is 10.5. The van der Waals surface area contributed by atoms with Gasteiger partial charge in [-0.1, -0.05) is 6.07 Å². The van der Waals surface area contributed by atoms with Gasteiger partial charge in [-0.15, -0.1) is 0 Å². The van der Waals surface area contributed by atoms with E-state index in [1.165, 1.54) is 37.1 Å². The number of carbonyl (C=O) groups excluding carboxylic acids is 2. The number of rotatable bonds is 4. The van der Waals surface area contributed by atoms with Crippen molar-refractivity contribution in [1.29, 1.82) is 0 Å². The minimum atomic E-state index is -1.23. The average molecular weight is 448 g/mol. The van der Waals surface area contributed by atoms with Crippen molar-refractivity contribution < 1.29 is 19.5 Å². The molecule has 9 nitrogen and oxygen atoms in total. The molecular weight excluding hydrogens is 424 g/mol. The minimum absolute atomic E-state index is 0.173. The van der Waals surface area contributed by atoms with Crippen LogP contribution in [0.4, 0.5) is 5.82 Å². The summed E-state index contributed by atoms with van der Waals surface area (Å²) in [6, 6.07) is 7.06. The summed E-state index contributed by atoms with van der Waals surface area (Å²) in [6.07, 6.45) is 4.92. The average Bonchev–Trinajstić information content (AvgIpc) is 3.60. The molecule has 2 aromatic heterocycles. The topological polar surface area (TPSA) is 113 Å². The monoisotopic (exact) mass is 448 g/mol. The molecule has 0 spiro atoms. The molecule has 1 saturated carbocycles. The standard InChI is InChI=1S/C24H24N4O5/c1-13-18(16-5-10-21(25-11-16)28(15(3)30)26(4)14(2)29)8-9-19-22(13)27(17-6-7-17)12-20(23(19)31)24(32)33/h5,8-12,17H,6-7H2,1-4H3,(H,32,33). The van der Waals surface area contributed by atoms with Gasteiger partial charge in [-0.05, 0) is 49.1 Å². The van der Waals surface area contributed by atoms with Crippen LogP contribution in [0.15, 0.2) is 41.5 Å².